The maximum atomic E-state index is 14.4. The highest BCUT2D eigenvalue weighted by Crippen LogP contribution is 2.34. The minimum atomic E-state index is -0.629. The highest BCUT2D eigenvalue weighted by Gasteiger charge is 2.20. The first-order valence-corrected chi connectivity index (χ1v) is 8.46. The Bertz CT molecular complexity index is 1000. The van der Waals surface area contributed by atoms with Crippen molar-refractivity contribution in [2.75, 3.05) is 14.2 Å². The third kappa shape index (κ3) is 3.69. The number of ketones is 1. The van der Waals surface area contributed by atoms with Crippen molar-refractivity contribution in [2.24, 2.45) is 0 Å². The summed E-state index contributed by atoms with van der Waals surface area (Å²) in [7, 11) is 3.04. The first kappa shape index (κ1) is 18.6. The van der Waals surface area contributed by atoms with Gasteiger partial charge in [0.05, 0.1) is 25.9 Å². The number of rotatable bonds is 6. The van der Waals surface area contributed by atoms with Gasteiger partial charge in [-0.3, -0.25) is 9.78 Å². The topological polar surface area (TPSA) is 57.7 Å². The van der Waals surface area contributed by atoms with Gasteiger partial charge in [0.2, 0.25) is 5.78 Å². The number of nitrogens with zero attached hydrogens (tertiary/aromatic N) is 1. The van der Waals surface area contributed by atoms with E-state index in [9.17, 15) is 9.18 Å². The van der Waals surface area contributed by atoms with Crippen LogP contribution in [0.2, 0.25) is 0 Å². The molecular weight excluding hydrogens is 349 g/mol. The van der Waals surface area contributed by atoms with Crippen LogP contribution >= 0.6 is 0 Å². The second kappa shape index (κ2) is 7.61. The zero-order chi connectivity index (χ0) is 19.6. The van der Waals surface area contributed by atoms with E-state index in [2.05, 4.69) is 4.98 Å². The van der Waals surface area contributed by atoms with Crippen LogP contribution in [0.1, 0.15) is 29.9 Å². The van der Waals surface area contributed by atoms with Gasteiger partial charge in [0.15, 0.2) is 11.5 Å². The lowest BCUT2D eigenvalue weighted by atomic mass is 10.0. The van der Waals surface area contributed by atoms with Gasteiger partial charge in [-0.05, 0) is 55.6 Å². The molecule has 27 heavy (non-hydrogen) atoms. The largest absolute Gasteiger partial charge is 0.493 e. The molecule has 0 aliphatic carbocycles. The average molecular weight is 369 g/mol. The quantitative estimate of drug-likeness (QED) is 0.603. The Hall–Kier alpha value is -3.15. The van der Waals surface area contributed by atoms with Crippen LogP contribution in [0.15, 0.2) is 42.6 Å². The number of aromatic nitrogens is 1. The van der Waals surface area contributed by atoms with Crippen LogP contribution in [0.5, 0.6) is 17.2 Å². The van der Waals surface area contributed by atoms with Crippen LogP contribution in [-0.2, 0) is 0 Å². The molecule has 6 heteroatoms. The molecule has 1 heterocycles. The molecule has 3 aromatic rings. The molecule has 0 unspecified atom stereocenters. The van der Waals surface area contributed by atoms with E-state index >= 15 is 0 Å². The molecule has 0 radical (unpaired) electrons. The fraction of sp³-hybridized carbons (Fsp3) is 0.238. The van der Waals surface area contributed by atoms with E-state index in [1.807, 2.05) is 13.8 Å². The third-order valence-electron chi connectivity index (χ3n) is 4.04. The second-order valence-electron chi connectivity index (χ2n) is 6.23. The number of carbonyl (C=O) groups is 1. The summed E-state index contributed by atoms with van der Waals surface area (Å²) in [4.78, 5) is 17.2. The Morgan fingerprint density at radius 3 is 2.41 bits per heavy atom. The molecule has 2 aromatic carbocycles. The Morgan fingerprint density at radius 2 is 1.74 bits per heavy atom. The second-order valence-corrected chi connectivity index (χ2v) is 6.23. The standard InChI is InChI=1S/C21H20FNO4/c1-12(2)27-14-5-6-17(22)16(10-14)21(24)20-15-11-19(26-4)18(25-3)9-13(15)7-8-23-20/h5-12H,1-4H3. The van der Waals surface area contributed by atoms with E-state index in [0.29, 0.717) is 22.6 Å². The van der Waals surface area contributed by atoms with Gasteiger partial charge in [0, 0.05) is 11.6 Å². The zero-order valence-electron chi connectivity index (χ0n) is 15.6. The summed E-state index contributed by atoms with van der Waals surface area (Å²) in [6.45, 7) is 3.72. The number of pyridine rings is 1. The van der Waals surface area contributed by atoms with Crippen LogP contribution in [0, 0.1) is 5.82 Å². The number of halogens is 1. The normalized spacial score (nSPS) is 10.9. The average Bonchev–Trinajstić information content (AvgIpc) is 2.66. The lowest BCUT2D eigenvalue weighted by Gasteiger charge is -2.13. The minimum absolute atomic E-state index is 0.0918. The van der Waals surface area contributed by atoms with Crippen molar-refractivity contribution in [3.05, 3.63) is 59.7 Å². The molecule has 0 aliphatic heterocycles. The van der Waals surface area contributed by atoms with Gasteiger partial charge in [-0.15, -0.1) is 0 Å². The maximum Gasteiger partial charge on any atom is 0.215 e. The molecule has 0 saturated carbocycles. The Morgan fingerprint density at radius 1 is 1.04 bits per heavy atom. The number of carbonyl (C=O) groups excluding carboxylic acids is 1. The van der Waals surface area contributed by atoms with Crippen molar-refractivity contribution in [2.45, 2.75) is 20.0 Å². The van der Waals surface area contributed by atoms with Crippen molar-refractivity contribution in [3.63, 3.8) is 0 Å². The minimum Gasteiger partial charge on any atom is -0.493 e. The van der Waals surface area contributed by atoms with Gasteiger partial charge in [-0.25, -0.2) is 4.39 Å². The maximum absolute atomic E-state index is 14.4. The number of hydrogen-bond acceptors (Lipinski definition) is 5. The van der Waals surface area contributed by atoms with Gasteiger partial charge < -0.3 is 14.2 Å². The molecule has 0 fully saturated rings. The van der Waals surface area contributed by atoms with Crippen molar-refractivity contribution in [3.8, 4) is 17.2 Å². The molecule has 0 N–H and O–H groups in total. The first-order chi connectivity index (χ1) is 12.9. The molecule has 5 nitrogen and oxygen atoms in total. The van der Waals surface area contributed by atoms with Crippen molar-refractivity contribution < 1.29 is 23.4 Å². The number of benzene rings is 2. The van der Waals surface area contributed by atoms with Crippen LogP contribution < -0.4 is 14.2 Å². The Balaban J connectivity index is 2.13. The zero-order valence-corrected chi connectivity index (χ0v) is 15.6. The number of fused-ring (bicyclic) bond motifs is 1. The van der Waals surface area contributed by atoms with Crippen LogP contribution in [-0.4, -0.2) is 31.1 Å². The highest BCUT2D eigenvalue weighted by atomic mass is 19.1. The SMILES string of the molecule is COc1cc2ccnc(C(=O)c3cc(OC(C)C)ccc3F)c2cc1OC. The summed E-state index contributed by atoms with van der Waals surface area (Å²) in [5.41, 5.74) is 0.0389. The predicted octanol–water partition coefficient (Wildman–Crippen LogP) is 4.41. The van der Waals surface area contributed by atoms with Crippen LogP contribution in [0.25, 0.3) is 10.8 Å². The van der Waals surface area contributed by atoms with Gasteiger partial charge in [-0.2, -0.15) is 0 Å². The number of ether oxygens (including phenoxy) is 3. The van der Waals surface area contributed by atoms with E-state index < -0.39 is 11.6 Å². The van der Waals surface area contributed by atoms with E-state index in [-0.39, 0.29) is 17.4 Å². The van der Waals surface area contributed by atoms with Crippen LogP contribution in [0.3, 0.4) is 0 Å². The van der Waals surface area contributed by atoms with Gasteiger partial charge in [0.25, 0.3) is 0 Å². The number of methoxy groups -OCH3 is 2. The Kier molecular flexibility index (Phi) is 5.26. The Labute approximate surface area is 156 Å². The van der Waals surface area contributed by atoms with Crippen molar-refractivity contribution in [1.82, 2.24) is 4.98 Å². The molecule has 0 atom stereocenters. The highest BCUT2D eigenvalue weighted by molar-refractivity contribution is 6.15. The van der Waals surface area contributed by atoms with E-state index in [0.717, 1.165) is 5.39 Å². The molecule has 0 saturated heterocycles. The molecular formula is C21H20FNO4. The summed E-state index contributed by atoms with van der Waals surface area (Å²) < 4.78 is 30.5. The van der Waals surface area contributed by atoms with Gasteiger partial charge in [-0.1, -0.05) is 0 Å². The molecule has 0 amide bonds. The van der Waals surface area contributed by atoms with E-state index in [1.54, 1.807) is 18.2 Å². The van der Waals surface area contributed by atoms with E-state index in [1.165, 1.54) is 38.6 Å². The predicted molar refractivity (Wildman–Crippen MR) is 100 cm³/mol. The summed E-state index contributed by atoms with van der Waals surface area (Å²) in [5, 5.41) is 1.29. The lowest BCUT2D eigenvalue weighted by Crippen LogP contribution is -2.10. The lowest BCUT2D eigenvalue weighted by molar-refractivity contribution is 0.103. The monoisotopic (exact) mass is 369 g/mol. The summed E-state index contributed by atoms with van der Waals surface area (Å²) in [5.74, 6) is 0.265. The summed E-state index contributed by atoms with van der Waals surface area (Å²) >= 11 is 0. The molecule has 0 aliphatic rings. The fourth-order valence-corrected chi connectivity index (χ4v) is 2.83. The summed E-state index contributed by atoms with van der Waals surface area (Å²) in [6.07, 6.45) is 1.42. The van der Waals surface area contributed by atoms with Gasteiger partial charge in [0.1, 0.15) is 17.3 Å². The molecule has 3 rings (SSSR count). The third-order valence-corrected chi connectivity index (χ3v) is 4.04. The van der Waals surface area contributed by atoms with Crippen molar-refractivity contribution >= 4 is 16.6 Å². The van der Waals surface area contributed by atoms with Crippen molar-refractivity contribution in [1.29, 1.82) is 0 Å². The van der Waals surface area contributed by atoms with E-state index in [4.69, 9.17) is 14.2 Å². The summed E-state index contributed by atoms with van der Waals surface area (Å²) in [6, 6.07) is 9.29. The molecule has 140 valence electrons. The molecule has 0 bridgehead atoms. The number of hydrogen-bond donors (Lipinski definition) is 0. The molecule has 0 spiro atoms. The smallest absolute Gasteiger partial charge is 0.215 e. The van der Waals surface area contributed by atoms with Gasteiger partial charge >= 0.3 is 0 Å². The first-order valence-electron chi connectivity index (χ1n) is 8.46. The fourth-order valence-electron chi connectivity index (χ4n) is 2.83. The molecule has 1 aromatic heterocycles. The van der Waals surface area contributed by atoms with Crippen LogP contribution in [0.4, 0.5) is 4.39 Å².